The highest BCUT2D eigenvalue weighted by Crippen LogP contribution is 2.20. The molecule has 3 rings (SSSR count). The standard InChI is InChI=1S/C17H22ClN5O/c1-12-11-13(2)23(20-12)15-6-5-14(18)16(19-15)17(24)22-8-4-7-21(3)9-10-22/h5-6,11H,4,7-10H2,1-3H3. The fourth-order valence-corrected chi connectivity index (χ4v) is 3.15. The summed E-state index contributed by atoms with van der Waals surface area (Å²) in [6, 6.07) is 5.48. The first-order valence-corrected chi connectivity index (χ1v) is 8.51. The number of pyridine rings is 1. The number of carbonyl (C=O) groups excluding carboxylic acids is 1. The Morgan fingerprint density at radius 2 is 1.96 bits per heavy atom. The molecule has 2 aromatic rings. The van der Waals surface area contributed by atoms with Crippen LogP contribution in [0.3, 0.4) is 0 Å². The smallest absolute Gasteiger partial charge is 0.274 e. The van der Waals surface area contributed by atoms with Crippen LogP contribution in [0.5, 0.6) is 0 Å². The summed E-state index contributed by atoms with van der Waals surface area (Å²) in [7, 11) is 2.07. The maximum absolute atomic E-state index is 12.9. The van der Waals surface area contributed by atoms with Gasteiger partial charge in [0.15, 0.2) is 5.82 Å². The number of halogens is 1. The van der Waals surface area contributed by atoms with E-state index in [0.717, 1.165) is 37.4 Å². The number of hydrogen-bond acceptors (Lipinski definition) is 4. The number of hydrogen-bond donors (Lipinski definition) is 0. The Kier molecular flexibility index (Phi) is 4.87. The predicted octanol–water partition coefficient (Wildman–Crippen LogP) is 2.32. The van der Waals surface area contributed by atoms with E-state index in [2.05, 4.69) is 22.0 Å². The molecule has 0 N–H and O–H groups in total. The topological polar surface area (TPSA) is 54.3 Å². The van der Waals surface area contributed by atoms with Gasteiger partial charge in [-0.25, -0.2) is 9.67 Å². The molecule has 0 spiro atoms. The SMILES string of the molecule is Cc1cc(C)n(-c2ccc(Cl)c(C(=O)N3CCCN(C)CC3)n2)n1. The fraction of sp³-hybridized carbons (Fsp3) is 0.471. The van der Waals surface area contributed by atoms with E-state index >= 15 is 0 Å². The third kappa shape index (κ3) is 3.44. The van der Waals surface area contributed by atoms with Crippen molar-refractivity contribution in [2.75, 3.05) is 33.2 Å². The summed E-state index contributed by atoms with van der Waals surface area (Å²) in [5.74, 6) is 0.499. The minimum atomic E-state index is -0.112. The molecule has 1 aliphatic rings. The minimum Gasteiger partial charge on any atom is -0.336 e. The lowest BCUT2D eigenvalue weighted by molar-refractivity contribution is 0.0757. The van der Waals surface area contributed by atoms with Crippen molar-refractivity contribution in [3.05, 3.63) is 40.3 Å². The Morgan fingerprint density at radius 3 is 2.67 bits per heavy atom. The maximum Gasteiger partial charge on any atom is 0.274 e. The Hall–Kier alpha value is -1.92. The average molecular weight is 348 g/mol. The zero-order valence-corrected chi connectivity index (χ0v) is 15.0. The van der Waals surface area contributed by atoms with Gasteiger partial charge in [-0.15, -0.1) is 0 Å². The molecule has 0 radical (unpaired) electrons. The summed E-state index contributed by atoms with van der Waals surface area (Å²) in [5.41, 5.74) is 2.18. The first-order valence-electron chi connectivity index (χ1n) is 8.13. The van der Waals surface area contributed by atoms with E-state index in [1.54, 1.807) is 16.8 Å². The number of amides is 1. The van der Waals surface area contributed by atoms with Crippen LogP contribution in [0.1, 0.15) is 28.3 Å². The Labute approximate surface area is 147 Å². The van der Waals surface area contributed by atoms with Crippen LogP contribution in [0.25, 0.3) is 5.82 Å². The molecule has 0 aliphatic carbocycles. The summed E-state index contributed by atoms with van der Waals surface area (Å²) < 4.78 is 1.73. The molecule has 0 atom stereocenters. The van der Waals surface area contributed by atoms with Gasteiger partial charge in [-0.2, -0.15) is 5.10 Å². The van der Waals surface area contributed by atoms with Gasteiger partial charge in [-0.05, 0) is 52.1 Å². The van der Waals surface area contributed by atoms with E-state index in [4.69, 9.17) is 11.6 Å². The molecule has 24 heavy (non-hydrogen) atoms. The monoisotopic (exact) mass is 347 g/mol. The zero-order chi connectivity index (χ0) is 17.3. The number of nitrogens with zero attached hydrogens (tertiary/aromatic N) is 5. The fourth-order valence-electron chi connectivity index (χ4n) is 2.96. The zero-order valence-electron chi connectivity index (χ0n) is 14.3. The van der Waals surface area contributed by atoms with Gasteiger partial charge in [0, 0.05) is 25.3 Å². The van der Waals surface area contributed by atoms with E-state index in [0.29, 0.717) is 23.1 Å². The van der Waals surface area contributed by atoms with Gasteiger partial charge < -0.3 is 9.80 Å². The molecule has 1 fully saturated rings. The Bertz CT molecular complexity index is 757. The minimum absolute atomic E-state index is 0.112. The number of rotatable bonds is 2. The van der Waals surface area contributed by atoms with Gasteiger partial charge in [-0.1, -0.05) is 11.6 Å². The predicted molar refractivity (Wildman–Crippen MR) is 93.9 cm³/mol. The molecule has 0 bridgehead atoms. The molecule has 0 aromatic carbocycles. The highest BCUT2D eigenvalue weighted by Gasteiger charge is 2.23. The molecule has 128 valence electrons. The van der Waals surface area contributed by atoms with Crippen molar-refractivity contribution in [3.8, 4) is 5.82 Å². The number of carbonyl (C=O) groups is 1. The third-order valence-corrected chi connectivity index (χ3v) is 4.57. The molecule has 1 saturated heterocycles. The number of aryl methyl sites for hydroxylation is 2. The number of likely N-dealkylation sites (N-methyl/N-ethyl adjacent to an activating group) is 1. The molecule has 1 aliphatic heterocycles. The molecule has 1 amide bonds. The summed E-state index contributed by atoms with van der Waals surface area (Å²) in [5, 5.41) is 4.81. The first kappa shape index (κ1) is 16.9. The van der Waals surface area contributed by atoms with Crippen molar-refractivity contribution >= 4 is 17.5 Å². The molecule has 2 aromatic heterocycles. The Morgan fingerprint density at radius 1 is 1.17 bits per heavy atom. The largest absolute Gasteiger partial charge is 0.336 e. The summed E-state index contributed by atoms with van der Waals surface area (Å²) in [6.07, 6.45) is 0.955. The van der Waals surface area contributed by atoms with Crippen LogP contribution in [0, 0.1) is 13.8 Å². The summed E-state index contributed by atoms with van der Waals surface area (Å²) >= 11 is 6.26. The first-order chi connectivity index (χ1) is 11.5. The van der Waals surface area contributed by atoms with Crippen LogP contribution in [-0.4, -0.2) is 63.7 Å². The van der Waals surface area contributed by atoms with Crippen molar-refractivity contribution in [1.29, 1.82) is 0 Å². The van der Waals surface area contributed by atoms with Gasteiger partial charge in [0.05, 0.1) is 10.7 Å². The van der Waals surface area contributed by atoms with E-state index in [1.807, 2.05) is 24.8 Å². The van der Waals surface area contributed by atoms with E-state index in [-0.39, 0.29) is 5.91 Å². The van der Waals surface area contributed by atoms with Gasteiger partial charge in [0.25, 0.3) is 5.91 Å². The van der Waals surface area contributed by atoms with Crippen LogP contribution in [0.4, 0.5) is 0 Å². The normalized spacial score (nSPS) is 16.2. The van der Waals surface area contributed by atoms with E-state index in [1.165, 1.54) is 0 Å². The lowest BCUT2D eigenvalue weighted by Gasteiger charge is -2.21. The number of aromatic nitrogens is 3. The van der Waals surface area contributed by atoms with Crippen molar-refractivity contribution < 1.29 is 4.79 Å². The second kappa shape index (κ2) is 6.91. The van der Waals surface area contributed by atoms with Crippen molar-refractivity contribution in [1.82, 2.24) is 24.6 Å². The van der Waals surface area contributed by atoms with Crippen molar-refractivity contribution in [3.63, 3.8) is 0 Å². The van der Waals surface area contributed by atoms with Gasteiger partial charge in [0.1, 0.15) is 5.69 Å². The van der Waals surface area contributed by atoms with E-state index < -0.39 is 0 Å². The molecular formula is C17H22ClN5O. The maximum atomic E-state index is 12.9. The second-order valence-corrected chi connectivity index (χ2v) is 6.70. The van der Waals surface area contributed by atoms with Crippen LogP contribution >= 0.6 is 11.6 Å². The second-order valence-electron chi connectivity index (χ2n) is 6.29. The highest BCUT2D eigenvalue weighted by atomic mass is 35.5. The van der Waals surface area contributed by atoms with Gasteiger partial charge >= 0.3 is 0 Å². The van der Waals surface area contributed by atoms with Crippen LogP contribution < -0.4 is 0 Å². The molecule has 0 saturated carbocycles. The molecule has 6 nitrogen and oxygen atoms in total. The lowest BCUT2D eigenvalue weighted by Crippen LogP contribution is -2.35. The van der Waals surface area contributed by atoms with Gasteiger partial charge in [-0.3, -0.25) is 4.79 Å². The van der Waals surface area contributed by atoms with Crippen molar-refractivity contribution in [2.24, 2.45) is 0 Å². The van der Waals surface area contributed by atoms with Gasteiger partial charge in [0.2, 0.25) is 0 Å². The van der Waals surface area contributed by atoms with Crippen LogP contribution in [-0.2, 0) is 0 Å². The summed E-state index contributed by atoms with van der Waals surface area (Å²) in [6.45, 7) is 7.17. The summed E-state index contributed by atoms with van der Waals surface area (Å²) in [4.78, 5) is 21.5. The molecule has 3 heterocycles. The van der Waals surface area contributed by atoms with Crippen LogP contribution in [0.2, 0.25) is 5.02 Å². The highest BCUT2D eigenvalue weighted by molar-refractivity contribution is 6.33. The van der Waals surface area contributed by atoms with Crippen LogP contribution in [0.15, 0.2) is 18.2 Å². The quantitative estimate of drug-likeness (QED) is 0.836. The Balaban J connectivity index is 1.91. The van der Waals surface area contributed by atoms with Crippen molar-refractivity contribution in [2.45, 2.75) is 20.3 Å². The third-order valence-electron chi connectivity index (χ3n) is 4.27. The molecule has 7 heteroatoms. The lowest BCUT2D eigenvalue weighted by atomic mass is 10.3. The molecular weight excluding hydrogens is 326 g/mol. The molecule has 0 unspecified atom stereocenters. The van der Waals surface area contributed by atoms with E-state index in [9.17, 15) is 4.79 Å². The average Bonchev–Trinajstić information content (AvgIpc) is 2.75.